The second-order valence-electron chi connectivity index (χ2n) is 6.58. The van der Waals surface area contributed by atoms with Gasteiger partial charge in [0, 0.05) is 6.42 Å². The summed E-state index contributed by atoms with van der Waals surface area (Å²) in [6.45, 7) is 9.35. The lowest BCUT2D eigenvalue weighted by Crippen LogP contribution is -2.55. The summed E-state index contributed by atoms with van der Waals surface area (Å²) < 4.78 is 9.81. The van der Waals surface area contributed by atoms with Crippen LogP contribution in [0.15, 0.2) is 36.9 Å². The number of ether oxygens (including phenoxy) is 2. The molecular weight excluding hydrogens is 457 g/mol. The first-order chi connectivity index (χ1) is 11.6. The normalized spacial score (nSPS) is 15.0. The molecule has 0 aliphatic heterocycles. The Morgan fingerprint density at radius 2 is 2.16 bits per heavy atom. The third-order valence-corrected chi connectivity index (χ3v) is 4.77. The molecule has 0 aliphatic carbocycles. The Labute approximate surface area is 167 Å². The number of amides is 1. The highest BCUT2D eigenvalue weighted by Gasteiger charge is 2.38. The van der Waals surface area contributed by atoms with Crippen LogP contribution in [0.5, 0.6) is 5.75 Å². The smallest absolute Gasteiger partial charge is 0.408 e. The number of alkyl carbamates (subject to hydrolysis) is 1. The molecule has 0 aliphatic rings. The van der Waals surface area contributed by atoms with Gasteiger partial charge in [0.05, 0.1) is 5.88 Å². The van der Waals surface area contributed by atoms with Crippen LogP contribution in [0.2, 0.25) is 0 Å². The SMILES string of the molecule is C=CCOc1cccc(C[C@@](I)(NC(=O)OC(C)(C)C)[C@@H](O)CCl)c1. The number of nitrogens with one attached hydrogen (secondary N) is 1. The molecule has 0 bridgehead atoms. The minimum atomic E-state index is -1.01. The van der Waals surface area contributed by atoms with Crippen LogP contribution in [0.3, 0.4) is 0 Å². The van der Waals surface area contributed by atoms with Crippen molar-refractivity contribution in [1.82, 2.24) is 5.32 Å². The van der Waals surface area contributed by atoms with Crippen molar-refractivity contribution < 1.29 is 19.4 Å². The van der Waals surface area contributed by atoms with Gasteiger partial charge in [-0.05, 0) is 38.5 Å². The van der Waals surface area contributed by atoms with Crippen LogP contribution in [-0.4, -0.2) is 38.9 Å². The van der Waals surface area contributed by atoms with E-state index in [0.29, 0.717) is 18.8 Å². The van der Waals surface area contributed by atoms with E-state index in [4.69, 9.17) is 21.1 Å². The van der Waals surface area contributed by atoms with Crippen LogP contribution < -0.4 is 10.1 Å². The predicted octanol–water partition coefficient (Wildman–Crippen LogP) is 4.05. The predicted molar refractivity (Wildman–Crippen MR) is 109 cm³/mol. The standard InChI is InChI=1S/C18H25ClINO4/c1-5-9-24-14-8-6-7-13(10-14)11-18(20,15(22)12-19)21-16(23)25-17(2,3)4/h5-8,10,15,22H,1,9,11-12H2,2-4H3,(H,21,23)/t15-,18+/m0/s1. The monoisotopic (exact) mass is 481 g/mol. The zero-order valence-electron chi connectivity index (χ0n) is 14.7. The summed E-state index contributed by atoms with van der Waals surface area (Å²) in [5, 5.41) is 13.1. The second-order valence-corrected chi connectivity index (χ2v) is 8.82. The fourth-order valence-electron chi connectivity index (χ4n) is 2.04. The Morgan fingerprint density at radius 3 is 2.72 bits per heavy atom. The Kier molecular flexibility index (Phi) is 8.50. The second kappa shape index (κ2) is 9.64. The largest absolute Gasteiger partial charge is 0.490 e. The molecule has 2 atom stereocenters. The minimum Gasteiger partial charge on any atom is -0.490 e. The molecule has 1 rings (SSSR count). The van der Waals surface area contributed by atoms with Crippen molar-refractivity contribution >= 4 is 40.3 Å². The van der Waals surface area contributed by atoms with Crippen molar-refractivity contribution in [2.24, 2.45) is 0 Å². The zero-order valence-corrected chi connectivity index (χ0v) is 17.6. The third-order valence-electron chi connectivity index (χ3n) is 3.11. The molecule has 0 fully saturated rings. The molecule has 0 spiro atoms. The van der Waals surface area contributed by atoms with E-state index in [1.807, 2.05) is 46.9 Å². The first-order valence-electron chi connectivity index (χ1n) is 7.86. The number of carbonyl (C=O) groups is 1. The number of alkyl halides is 2. The minimum absolute atomic E-state index is 0.0224. The number of aliphatic hydroxyl groups is 1. The number of aliphatic hydroxyl groups excluding tert-OH is 1. The molecule has 1 amide bonds. The number of benzene rings is 1. The van der Waals surface area contributed by atoms with Crippen molar-refractivity contribution in [2.45, 2.75) is 42.4 Å². The molecule has 0 saturated heterocycles. The lowest BCUT2D eigenvalue weighted by atomic mass is 10.0. The lowest BCUT2D eigenvalue weighted by molar-refractivity contribution is 0.0425. The van der Waals surface area contributed by atoms with E-state index < -0.39 is 21.3 Å². The first kappa shape index (κ1) is 22.1. The van der Waals surface area contributed by atoms with E-state index in [-0.39, 0.29) is 5.88 Å². The highest BCUT2D eigenvalue weighted by Crippen LogP contribution is 2.28. The molecule has 5 nitrogen and oxygen atoms in total. The lowest BCUT2D eigenvalue weighted by Gasteiger charge is -2.33. The van der Waals surface area contributed by atoms with E-state index in [1.165, 1.54) is 0 Å². The topological polar surface area (TPSA) is 67.8 Å². The van der Waals surface area contributed by atoms with Crippen LogP contribution in [0.4, 0.5) is 4.79 Å². The molecule has 0 unspecified atom stereocenters. The van der Waals surface area contributed by atoms with Crippen LogP contribution >= 0.6 is 34.2 Å². The first-order valence-corrected chi connectivity index (χ1v) is 9.47. The van der Waals surface area contributed by atoms with Gasteiger partial charge in [0.2, 0.25) is 0 Å². The molecule has 0 heterocycles. The van der Waals surface area contributed by atoms with E-state index in [0.717, 1.165) is 5.56 Å². The molecule has 2 N–H and O–H groups in total. The maximum atomic E-state index is 12.2. The Hall–Kier alpha value is -0.990. The molecule has 0 radical (unpaired) electrons. The maximum absolute atomic E-state index is 12.2. The van der Waals surface area contributed by atoms with Gasteiger partial charge in [0.25, 0.3) is 0 Å². The fourth-order valence-corrected chi connectivity index (χ4v) is 3.44. The number of carbonyl (C=O) groups excluding carboxylic acids is 1. The van der Waals surface area contributed by atoms with Gasteiger partial charge in [-0.1, -0.05) is 47.4 Å². The Balaban J connectivity index is 2.95. The molecule has 25 heavy (non-hydrogen) atoms. The Bertz CT molecular complexity index is 591. The van der Waals surface area contributed by atoms with Crippen molar-refractivity contribution in [1.29, 1.82) is 0 Å². The van der Waals surface area contributed by atoms with E-state index in [2.05, 4.69) is 11.9 Å². The average molecular weight is 482 g/mol. The van der Waals surface area contributed by atoms with E-state index in [9.17, 15) is 9.90 Å². The molecular formula is C18H25ClINO4. The molecule has 140 valence electrons. The van der Waals surface area contributed by atoms with Crippen LogP contribution in [-0.2, 0) is 11.2 Å². The summed E-state index contributed by atoms with van der Waals surface area (Å²) in [6, 6.07) is 7.44. The van der Waals surface area contributed by atoms with Gasteiger partial charge >= 0.3 is 6.09 Å². The summed E-state index contributed by atoms with van der Waals surface area (Å²) in [5.41, 5.74) is 0.252. The van der Waals surface area contributed by atoms with Gasteiger partial charge in [-0.2, -0.15) is 0 Å². The summed E-state index contributed by atoms with van der Waals surface area (Å²) >= 11 is 7.84. The number of rotatable bonds is 8. The van der Waals surface area contributed by atoms with Crippen LogP contribution in [0.25, 0.3) is 0 Å². The number of hydrogen-bond acceptors (Lipinski definition) is 4. The van der Waals surface area contributed by atoms with Gasteiger partial charge in [0.15, 0.2) is 0 Å². The summed E-state index contributed by atoms with van der Waals surface area (Å²) in [5.74, 6) is 0.666. The molecule has 0 saturated carbocycles. The summed E-state index contributed by atoms with van der Waals surface area (Å²) in [6.07, 6.45) is 0.452. The summed E-state index contributed by atoms with van der Waals surface area (Å²) in [4.78, 5) is 12.2. The van der Waals surface area contributed by atoms with Crippen molar-refractivity contribution in [3.8, 4) is 5.75 Å². The molecule has 1 aromatic carbocycles. The molecule has 0 aromatic heterocycles. The van der Waals surface area contributed by atoms with Gasteiger partial charge < -0.3 is 19.9 Å². The van der Waals surface area contributed by atoms with Crippen molar-refractivity contribution in [2.75, 3.05) is 12.5 Å². The van der Waals surface area contributed by atoms with E-state index in [1.54, 1.807) is 26.8 Å². The highest BCUT2D eigenvalue weighted by atomic mass is 127. The van der Waals surface area contributed by atoms with Crippen molar-refractivity contribution in [3.05, 3.63) is 42.5 Å². The van der Waals surface area contributed by atoms with Gasteiger partial charge in [-0.15, -0.1) is 11.6 Å². The maximum Gasteiger partial charge on any atom is 0.408 e. The summed E-state index contributed by atoms with van der Waals surface area (Å²) in [7, 11) is 0. The third kappa shape index (κ3) is 7.83. The van der Waals surface area contributed by atoms with E-state index >= 15 is 0 Å². The van der Waals surface area contributed by atoms with Crippen molar-refractivity contribution in [3.63, 3.8) is 0 Å². The van der Waals surface area contributed by atoms with Gasteiger partial charge in [-0.25, -0.2) is 4.79 Å². The average Bonchev–Trinajstić information content (AvgIpc) is 2.50. The quantitative estimate of drug-likeness (QED) is 0.254. The molecule has 1 aromatic rings. The zero-order chi connectivity index (χ0) is 19.1. The highest BCUT2D eigenvalue weighted by molar-refractivity contribution is 14.1. The fraction of sp³-hybridized carbons (Fsp3) is 0.500. The van der Waals surface area contributed by atoms with Gasteiger partial charge in [0.1, 0.15) is 27.6 Å². The van der Waals surface area contributed by atoms with Crippen LogP contribution in [0, 0.1) is 0 Å². The van der Waals surface area contributed by atoms with Crippen LogP contribution in [0.1, 0.15) is 26.3 Å². The van der Waals surface area contributed by atoms with Gasteiger partial charge in [-0.3, -0.25) is 0 Å². The Morgan fingerprint density at radius 1 is 1.48 bits per heavy atom. The number of hydrogen-bond donors (Lipinski definition) is 2. The molecule has 7 heteroatoms. The number of halogens is 2.